The zero-order valence-corrected chi connectivity index (χ0v) is 14.5. The van der Waals surface area contributed by atoms with Crippen molar-refractivity contribution in [1.29, 1.82) is 0 Å². The Bertz CT molecular complexity index is 788. The number of aliphatic imine (C=N–C) groups is 1. The quantitative estimate of drug-likeness (QED) is 0.923. The third-order valence-electron chi connectivity index (χ3n) is 4.44. The van der Waals surface area contributed by atoms with Gasteiger partial charge in [-0.3, -0.25) is 9.71 Å². The van der Waals surface area contributed by atoms with Crippen molar-refractivity contribution in [2.45, 2.75) is 39.7 Å². The molecule has 23 heavy (non-hydrogen) atoms. The van der Waals surface area contributed by atoms with E-state index in [1.54, 1.807) is 6.92 Å². The summed E-state index contributed by atoms with van der Waals surface area (Å²) in [6, 6.07) is 5.71. The molecule has 1 unspecified atom stereocenters. The third kappa shape index (κ3) is 3.19. The highest BCUT2D eigenvalue weighted by Crippen LogP contribution is 2.31. The molecule has 1 saturated heterocycles. The molecule has 2 aliphatic heterocycles. The van der Waals surface area contributed by atoms with Gasteiger partial charge in [0.25, 0.3) is 10.0 Å². The van der Waals surface area contributed by atoms with Gasteiger partial charge in [-0.15, -0.1) is 0 Å². The van der Waals surface area contributed by atoms with Gasteiger partial charge in [0.05, 0.1) is 12.6 Å². The Hall–Kier alpha value is -1.66. The number of benzene rings is 1. The maximum atomic E-state index is 12.5. The van der Waals surface area contributed by atoms with Gasteiger partial charge in [-0.25, -0.2) is 8.42 Å². The summed E-state index contributed by atoms with van der Waals surface area (Å²) in [6.07, 6.45) is 2.13. The van der Waals surface area contributed by atoms with Crippen LogP contribution < -0.4 is 4.72 Å². The Kier molecular flexibility index (Phi) is 4.29. The van der Waals surface area contributed by atoms with Crippen molar-refractivity contribution in [2.24, 2.45) is 4.99 Å². The fourth-order valence-electron chi connectivity index (χ4n) is 2.95. The summed E-state index contributed by atoms with van der Waals surface area (Å²) >= 11 is 0. The predicted molar refractivity (Wildman–Crippen MR) is 91.8 cm³/mol. The molecule has 0 saturated carbocycles. The molecule has 1 atom stereocenters. The highest BCUT2D eigenvalue weighted by Gasteiger charge is 2.33. The fourth-order valence-corrected chi connectivity index (χ4v) is 4.46. The average molecular weight is 334 g/mol. The van der Waals surface area contributed by atoms with Crippen LogP contribution in [0.3, 0.4) is 0 Å². The van der Waals surface area contributed by atoms with Gasteiger partial charge in [0.15, 0.2) is 0 Å². The van der Waals surface area contributed by atoms with Crippen LogP contribution in [0.15, 0.2) is 28.8 Å². The molecule has 2 aliphatic rings. The van der Waals surface area contributed by atoms with Crippen LogP contribution in [-0.2, 0) is 14.8 Å². The minimum atomic E-state index is -3.56. The van der Waals surface area contributed by atoms with E-state index < -0.39 is 10.0 Å². The topological polar surface area (TPSA) is 67.8 Å². The largest absolute Gasteiger partial charge is 0.376 e. The first-order chi connectivity index (χ1) is 10.9. The Labute approximate surface area is 137 Å². The molecule has 124 valence electrons. The lowest BCUT2D eigenvalue weighted by Crippen LogP contribution is -2.25. The van der Waals surface area contributed by atoms with E-state index in [9.17, 15) is 8.42 Å². The van der Waals surface area contributed by atoms with E-state index in [0.29, 0.717) is 28.4 Å². The van der Waals surface area contributed by atoms with Gasteiger partial charge < -0.3 is 4.74 Å². The van der Waals surface area contributed by atoms with Gasteiger partial charge >= 0.3 is 0 Å². The van der Waals surface area contributed by atoms with Gasteiger partial charge in [-0.05, 0) is 50.3 Å². The SMILES string of the molecule is CC1=C(c2ccc(C)c(C)c2)S(=O)(=O)NC1=NCC1CCCO1. The highest BCUT2D eigenvalue weighted by molar-refractivity contribution is 8.00. The van der Waals surface area contributed by atoms with Crippen LogP contribution in [0.5, 0.6) is 0 Å². The van der Waals surface area contributed by atoms with Gasteiger partial charge in [-0.2, -0.15) is 0 Å². The van der Waals surface area contributed by atoms with Crippen molar-refractivity contribution < 1.29 is 13.2 Å². The first-order valence-corrected chi connectivity index (χ1v) is 9.34. The molecule has 0 amide bonds. The summed E-state index contributed by atoms with van der Waals surface area (Å²) in [5.74, 6) is 0.439. The summed E-state index contributed by atoms with van der Waals surface area (Å²) in [4.78, 5) is 4.77. The molecule has 3 rings (SSSR count). The second-order valence-electron chi connectivity index (χ2n) is 6.18. The van der Waals surface area contributed by atoms with E-state index in [2.05, 4.69) is 9.71 Å². The third-order valence-corrected chi connectivity index (χ3v) is 5.98. The van der Waals surface area contributed by atoms with Crippen molar-refractivity contribution in [3.8, 4) is 0 Å². The Morgan fingerprint density at radius 3 is 2.70 bits per heavy atom. The van der Waals surface area contributed by atoms with E-state index in [-0.39, 0.29) is 6.10 Å². The molecule has 1 N–H and O–H groups in total. The Morgan fingerprint density at radius 2 is 2.04 bits per heavy atom. The summed E-state index contributed by atoms with van der Waals surface area (Å²) < 4.78 is 33.1. The van der Waals surface area contributed by atoms with Crippen molar-refractivity contribution in [3.63, 3.8) is 0 Å². The van der Waals surface area contributed by atoms with Crippen LogP contribution >= 0.6 is 0 Å². The molecule has 5 nitrogen and oxygen atoms in total. The molecule has 0 aromatic heterocycles. The van der Waals surface area contributed by atoms with Crippen LogP contribution in [0.25, 0.3) is 4.91 Å². The number of aryl methyl sites for hydroxylation is 2. The summed E-state index contributed by atoms with van der Waals surface area (Å²) in [7, 11) is -3.56. The van der Waals surface area contributed by atoms with E-state index in [4.69, 9.17) is 4.74 Å². The number of rotatable bonds is 3. The zero-order chi connectivity index (χ0) is 16.6. The molecule has 2 heterocycles. The lowest BCUT2D eigenvalue weighted by Gasteiger charge is -2.06. The predicted octanol–water partition coefficient (Wildman–Crippen LogP) is 2.54. The number of hydrogen-bond donors (Lipinski definition) is 1. The average Bonchev–Trinajstić information content (AvgIpc) is 3.07. The minimum Gasteiger partial charge on any atom is -0.376 e. The molecule has 1 fully saturated rings. The maximum absolute atomic E-state index is 12.5. The number of nitrogens with zero attached hydrogens (tertiary/aromatic N) is 1. The monoisotopic (exact) mass is 334 g/mol. The minimum absolute atomic E-state index is 0.102. The lowest BCUT2D eigenvalue weighted by molar-refractivity contribution is 0.118. The smallest absolute Gasteiger partial charge is 0.264 e. The van der Waals surface area contributed by atoms with E-state index in [0.717, 1.165) is 30.6 Å². The van der Waals surface area contributed by atoms with Crippen LogP contribution in [-0.4, -0.2) is 33.5 Å². The number of sulfonamides is 1. The molecule has 0 radical (unpaired) electrons. The number of nitrogens with one attached hydrogen (secondary N) is 1. The van der Waals surface area contributed by atoms with Gasteiger partial charge in [0.1, 0.15) is 10.7 Å². The molecule has 0 aliphatic carbocycles. The van der Waals surface area contributed by atoms with Crippen LogP contribution in [0, 0.1) is 13.8 Å². The van der Waals surface area contributed by atoms with E-state index in [1.165, 1.54) is 0 Å². The molecular weight excluding hydrogens is 312 g/mol. The molecule has 1 aromatic carbocycles. The second kappa shape index (κ2) is 6.09. The summed E-state index contributed by atoms with van der Waals surface area (Å²) in [5.41, 5.74) is 3.59. The van der Waals surface area contributed by atoms with Gasteiger partial charge in [-0.1, -0.05) is 18.2 Å². The fraction of sp³-hybridized carbons (Fsp3) is 0.471. The molecular formula is C17H22N2O3S. The van der Waals surface area contributed by atoms with Gasteiger partial charge in [0, 0.05) is 12.2 Å². The first kappa shape index (κ1) is 16.2. The van der Waals surface area contributed by atoms with Crippen molar-refractivity contribution in [3.05, 3.63) is 40.5 Å². The molecule has 0 bridgehead atoms. The van der Waals surface area contributed by atoms with Crippen molar-refractivity contribution in [1.82, 2.24) is 4.72 Å². The lowest BCUT2D eigenvalue weighted by atomic mass is 10.0. The normalized spacial score (nSPS) is 25.2. The second-order valence-corrected chi connectivity index (χ2v) is 7.80. The first-order valence-electron chi connectivity index (χ1n) is 7.86. The van der Waals surface area contributed by atoms with Crippen LogP contribution in [0.4, 0.5) is 0 Å². The van der Waals surface area contributed by atoms with Crippen LogP contribution in [0.1, 0.15) is 36.5 Å². The number of ether oxygens (including phenoxy) is 1. The number of amidine groups is 1. The molecule has 6 heteroatoms. The summed E-state index contributed by atoms with van der Waals surface area (Å²) in [5, 5.41) is 0. The maximum Gasteiger partial charge on any atom is 0.264 e. The standard InChI is InChI=1S/C17H22N2O3S/c1-11-6-7-14(9-12(11)2)16-13(3)17(19-23(16,20)21)18-10-15-5-4-8-22-15/h6-7,9,15H,4-5,8,10H2,1-3H3,(H,18,19). The van der Waals surface area contributed by atoms with Crippen molar-refractivity contribution >= 4 is 20.8 Å². The van der Waals surface area contributed by atoms with Crippen molar-refractivity contribution in [2.75, 3.05) is 13.2 Å². The zero-order valence-electron chi connectivity index (χ0n) is 13.7. The number of hydrogen-bond acceptors (Lipinski definition) is 4. The Balaban J connectivity index is 1.95. The van der Waals surface area contributed by atoms with E-state index >= 15 is 0 Å². The van der Waals surface area contributed by atoms with E-state index in [1.807, 2.05) is 32.0 Å². The van der Waals surface area contributed by atoms with Gasteiger partial charge in [0.2, 0.25) is 0 Å². The highest BCUT2D eigenvalue weighted by atomic mass is 32.2. The van der Waals surface area contributed by atoms with Crippen LogP contribution in [0.2, 0.25) is 0 Å². The molecule has 0 spiro atoms. The Morgan fingerprint density at radius 1 is 1.26 bits per heavy atom. The molecule has 1 aromatic rings. The summed E-state index contributed by atoms with van der Waals surface area (Å²) in [6.45, 7) is 7.06.